The number of morpholine rings is 1. The number of aryl methyl sites for hydroxylation is 2. The molecule has 1 unspecified atom stereocenters. The van der Waals surface area contributed by atoms with Crippen molar-refractivity contribution in [3.63, 3.8) is 0 Å². The first-order valence-electron chi connectivity index (χ1n) is 9.05. The van der Waals surface area contributed by atoms with Gasteiger partial charge in [-0.25, -0.2) is 4.68 Å². The molecule has 1 atom stereocenters. The summed E-state index contributed by atoms with van der Waals surface area (Å²) in [4.78, 5) is 6.69. The highest BCUT2D eigenvalue weighted by Crippen LogP contribution is 2.26. The Morgan fingerprint density at radius 3 is 2.88 bits per heavy atom. The van der Waals surface area contributed by atoms with Gasteiger partial charge >= 0.3 is 0 Å². The normalized spacial score (nSPS) is 18.2. The highest BCUT2D eigenvalue weighted by atomic mass is 16.5. The Balaban J connectivity index is 1.59. The molecule has 0 amide bonds. The van der Waals surface area contributed by atoms with E-state index < -0.39 is 0 Å². The van der Waals surface area contributed by atoms with Crippen LogP contribution >= 0.6 is 0 Å². The Hall–Kier alpha value is -2.50. The molecule has 3 heterocycles. The number of benzene rings is 1. The van der Waals surface area contributed by atoms with Gasteiger partial charge < -0.3 is 4.74 Å². The molecular formula is C21H24N4O. The minimum atomic E-state index is 0.0800. The topological polar surface area (TPSA) is 43.2 Å². The quantitative estimate of drug-likeness (QED) is 0.724. The van der Waals surface area contributed by atoms with Crippen LogP contribution in [0.15, 0.2) is 55.1 Å². The Labute approximate surface area is 154 Å². The van der Waals surface area contributed by atoms with Crippen LogP contribution in [0.4, 0.5) is 0 Å². The van der Waals surface area contributed by atoms with E-state index in [0.717, 1.165) is 37.5 Å². The molecule has 4 rings (SSSR count). The van der Waals surface area contributed by atoms with Crippen LogP contribution in [0.1, 0.15) is 28.4 Å². The van der Waals surface area contributed by atoms with Crippen LogP contribution in [-0.2, 0) is 11.3 Å². The molecule has 5 nitrogen and oxygen atoms in total. The van der Waals surface area contributed by atoms with Gasteiger partial charge in [-0.1, -0.05) is 12.1 Å². The van der Waals surface area contributed by atoms with Crippen molar-refractivity contribution in [1.82, 2.24) is 19.7 Å². The first-order valence-corrected chi connectivity index (χ1v) is 9.05. The molecule has 26 heavy (non-hydrogen) atoms. The number of aromatic nitrogens is 3. The summed E-state index contributed by atoms with van der Waals surface area (Å²) < 4.78 is 7.95. The lowest BCUT2D eigenvalue weighted by molar-refractivity contribution is -0.0331. The number of nitrogens with zero attached hydrogens (tertiary/aromatic N) is 4. The van der Waals surface area contributed by atoms with Crippen molar-refractivity contribution in [3.8, 4) is 5.69 Å². The van der Waals surface area contributed by atoms with Gasteiger partial charge in [0.05, 0.1) is 18.4 Å². The molecule has 2 aromatic heterocycles. The summed E-state index contributed by atoms with van der Waals surface area (Å²) in [7, 11) is 0. The zero-order valence-corrected chi connectivity index (χ0v) is 15.3. The van der Waals surface area contributed by atoms with Crippen LogP contribution < -0.4 is 0 Å². The van der Waals surface area contributed by atoms with Crippen LogP contribution in [0.5, 0.6) is 0 Å². The number of ether oxygens (including phenoxy) is 1. The molecule has 1 aliphatic heterocycles. The van der Waals surface area contributed by atoms with E-state index in [1.54, 1.807) is 6.20 Å². The average molecular weight is 348 g/mol. The lowest BCUT2D eigenvalue weighted by Gasteiger charge is -2.33. The van der Waals surface area contributed by atoms with Crippen LogP contribution in [0.25, 0.3) is 5.69 Å². The highest BCUT2D eigenvalue weighted by Gasteiger charge is 2.23. The molecule has 1 aromatic carbocycles. The van der Waals surface area contributed by atoms with Gasteiger partial charge in [-0.2, -0.15) is 5.10 Å². The van der Waals surface area contributed by atoms with E-state index in [2.05, 4.69) is 47.0 Å². The van der Waals surface area contributed by atoms with Gasteiger partial charge in [0.1, 0.15) is 0 Å². The van der Waals surface area contributed by atoms with Crippen molar-refractivity contribution in [3.05, 3.63) is 77.4 Å². The third kappa shape index (κ3) is 3.54. The Morgan fingerprint density at radius 1 is 1.19 bits per heavy atom. The maximum absolute atomic E-state index is 5.98. The molecule has 1 fully saturated rings. The monoisotopic (exact) mass is 348 g/mol. The summed E-state index contributed by atoms with van der Waals surface area (Å²) in [5.41, 5.74) is 6.19. The van der Waals surface area contributed by atoms with Crippen LogP contribution in [-0.4, -0.2) is 39.4 Å². The molecule has 0 spiro atoms. The van der Waals surface area contributed by atoms with E-state index in [-0.39, 0.29) is 6.10 Å². The summed E-state index contributed by atoms with van der Waals surface area (Å²) >= 11 is 0. The molecule has 134 valence electrons. The average Bonchev–Trinajstić information content (AvgIpc) is 3.19. The van der Waals surface area contributed by atoms with Crippen molar-refractivity contribution < 1.29 is 4.74 Å². The van der Waals surface area contributed by atoms with Gasteiger partial charge in [-0.15, -0.1) is 0 Å². The summed E-state index contributed by atoms with van der Waals surface area (Å²) in [6.07, 6.45) is 7.62. The second-order valence-corrected chi connectivity index (χ2v) is 6.91. The zero-order chi connectivity index (χ0) is 17.9. The fraction of sp³-hybridized carbons (Fsp3) is 0.333. The SMILES string of the molecule is Cc1cc(C)c(CN2CCOC(c3cccnc3)C2)c(-n2cccn2)c1. The summed E-state index contributed by atoms with van der Waals surface area (Å²) in [5, 5.41) is 4.45. The number of hydrogen-bond donors (Lipinski definition) is 0. The minimum Gasteiger partial charge on any atom is -0.371 e. The summed E-state index contributed by atoms with van der Waals surface area (Å²) in [5.74, 6) is 0. The minimum absolute atomic E-state index is 0.0800. The Kier molecular flexibility index (Phi) is 4.82. The van der Waals surface area contributed by atoms with Crippen LogP contribution in [0.3, 0.4) is 0 Å². The maximum Gasteiger partial charge on any atom is 0.0967 e. The van der Waals surface area contributed by atoms with Gasteiger partial charge in [0.15, 0.2) is 0 Å². The number of rotatable bonds is 4. The van der Waals surface area contributed by atoms with E-state index in [1.807, 2.05) is 35.4 Å². The standard InChI is InChI=1S/C21H24N4O/c1-16-11-17(2)19(20(12-16)25-8-4-7-23-25)14-24-9-10-26-21(15-24)18-5-3-6-22-13-18/h3-8,11-13,21H,9-10,14-15H2,1-2H3. The molecular weight excluding hydrogens is 324 g/mol. The first kappa shape index (κ1) is 16.9. The van der Waals surface area contributed by atoms with E-state index in [0.29, 0.717) is 0 Å². The molecule has 0 bridgehead atoms. The molecule has 0 aliphatic carbocycles. The molecule has 1 saturated heterocycles. The zero-order valence-electron chi connectivity index (χ0n) is 15.3. The predicted molar refractivity (Wildman–Crippen MR) is 101 cm³/mol. The molecule has 0 saturated carbocycles. The molecule has 0 N–H and O–H groups in total. The second-order valence-electron chi connectivity index (χ2n) is 6.91. The third-order valence-corrected chi connectivity index (χ3v) is 4.93. The van der Waals surface area contributed by atoms with E-state index >= 15 is 0 Å². The number of hydrogen-bond acceptors (Lipinski definition) is 4. The van der Waals surface area contributed by atoms with Crippen molar-refractivity contribution in [2.24, 2.45) is 0 Å². The van der Waals surface area contributed by atoms with Gasteiger partial charge in [0.2, 0.25) is 0 Å². The third-order valence-electron chi connectivity index (χ3n) is 4.93. The fourth-order valence-electron chi connectivity index (χ4n) is 3.63. The highest BCUT2D eigenvalue weighted by molar-refractivity contribution is 5.48. The second kappa shape index (κ2) is 7.40. The fourth-order valence-corrected chi connectivity index (χ4v) is 3.63. The Morgan fingerprint density at radius 2 is 2.12 bits per heavy atom. The lowest BCUT2D eigenvalue weighted by atomic mass is 10.0. The lowest BCUT2D eigenvalue weighted by Crippen LogP contribution is -2.38. The molecule has 3 aromatic rings. The van der Waals surface area contributed by atoms with Crippen molar-refractivity contribution in [1.29, 1.82) is 0 Å². The van der Waals surface area contributed by atoms with E-state index in [9.17, 15) is 0 Å². The Bertz CT molecular complexity index is 861. The molecule has 5 heteroatoms. The smallest absolute Gasteiger partial charge is 0.0967 e. The predicted octanol–water partition coefficient (Wildman–Crippen LogP) is 3.46. The number of pyridine rings is 1. The largest absolute Gasteiger partial charge is 0.371 e. The van der Waals surface area contributed by atoms with E-state index in [1.165, 1.54) is 16.7 Å². The van der Waals surface area contributed by atoms with Crippen LogP contribution in [0, 0.1) is 13.8 Å². The van der Waals surface area contributed by atoms with Gasteiger partial charge in [0, 0.05) is 50.0 Å². The van der Waals surface area contributed by atoms with Gasteiger partial charge in [-0.3, -0.25) is 9.88 Å². The van der Waals surface area contributed by atoms with Crippen molar-refractivity contribution >= 4 is 0 Å². The molecule has 0 radical (unpaired) electrons. The first-order chi connectivity index (χ1) is 12.7. The van der Waals surface area contributed by atoms with Gasteiger partial charge in [-0.05, 0) is 48.7 Å². The summed E-state index contributed by atoms with van der Waals surface area (Å²) in [6.45, 7) is 7.76. The van der Waals surface area contributed by atoms with Crippen LogP contribution in [0.2, 0.25) is 0 Å². The molecule has 1 aliphatic rings. The van der Waals surface area contributed by atoms with E-state index in [4.69, 9.17) is 4.74 Å². The summed E-state index contributed by atoms with van der Waals surface area (Å²) in [6, 6.07) is 10.5. The maximum atomic E-state index is 5.98. The van der Waals surface area contributed by atoms with Gasteiger partial charge in [0.25, 0.3) is 0 Å². The van der Waals surface area contributed by atoms with Crippen molar-refractivity contribution in [2.75, 3.05) is 19.7 Å². The van der Waals surface area contributed by atoms with Crippen molar-refractivity contribution in [2.45, 2.75) is 26.5 Å².